The molecular weight excluding hydrogens is 342 g/mol. The SMILES string of the molecule is COc1cccc(C2CCCN2C(=O)c2cccc(Br)c2)c1. The van der Waals surface area contributed by atoms with E-state index in [4.69, 9.17) is 4.74 Å². The summed E-state index contributed by atoms with van der Waals surface area (Å²) in [5.74, 6) is 0.922. The minimum Gasteiger partial charge on any atom is -0.497 e. The molecule has 0 aromatic heterocycles. The maximum absolute atomic E-state index is 12.8. The summed E-state index contributed by atoms with van der Waals surface area (Å²) in [6.07, 6.45) is 2.02. The number of hydrogen-bond donors (Lipinski definition) is 0. The molecule has 0 radical (unpaired) electrons. The van der Waals surface area contributed by atoms with Gasteiger partial charge in [-0.3, -0.25) is 4.79 Å². The van der Waals surface area contributed by atoms with Crippen LogP contribution in [0.5, 0.6) is 5.75 Å². The Morgan fingerprint density at radius 3 is 2.82 bits per heavy atom. The summed E-state index contributed by atoms with van der Waals surface area (Å²) in [5.41, 5.74) is 1.87. The monoisotopic (exact) mass is 359 g/mol. The molecule has 3 nitrogen and oxygen atoms in total. The zero-order valence-corrected chi connectivity index (χ0v) is 14.0. The van der Waals surface area contributed by atoms with Gasteiger partial charge in [-0.05, 0) is 48.7 Å². The lowest BCUT2D eigenvalue weighted by molar-refractivity contribution is 0.0735. The summed E-state index contributed by atoms with van der Waals surface area (Å²) >= 11 is 3.43. The summed E-state index contributed by atoms with van der Waals surface area (Å²) in [4.78, 5) is 14.8. The van der Waals surface area contributed by atoms with E-state index >= 15 is 0 Å². The summed E-state index contributed by atoms with van der Waals surface area (Å²) in [7, 11) is 1.66. The molecule has 0 aliphatic carbocycles. The summed E-state index contributed by atoms with van der Waals surface area (Å²) in [6, 6.07) is 15.7. The molecule has 1 amide bonds. The third kappa shape index (κ3) is 3.02. The molecule has 4 heteroatoms. The van der Waals surface area contributed by atoms with Gasteiger partial charge in [0.1, 0.15) is 5.75 Å². The van der Waals surface area contributed by atoms with E-state index in [-0.39, 0.29) is 11.9 Å². The van der Waals surface area contributed by atoms with Crippen LogP contribution in [-0.4, -0.2) is 24.5 Å². The Morgan fingerprint density at radius 2 is 2.05 bits per heavy atom. The molecule has 22 heavy (non-hydrogen) atoms. The van der Waals surface area contributed by atoms with Gasteiger partial charge in [-0.1, -0.05) is 34.1 Å². The molecular formula is C18H18BrNO2. The normalized spacial score (nSPS) is 17.5. The molecule has 1 aliphatic rings. The van der Waals surface area contributed by atoms with Crippen LogP contribution >= 0.6 is 15.9 Å². The number of rotatable bonds is 3. The van der Waals surface area contributed by atoms with Gasteiger partial charge in [0.2, 0.25) is 0 Å². The number of likely N-dealkylation sites (tertiary alicyclic amines) is 1. The van der Waals surface area contributed by atoms with Crippen LogP contribution in [0.15, 0.2) is 53.0 Å². The smallest absolute Gasteiger partial charge is 0.254 e. The van der Waals surface area contributed by atoms with Gasteiger partial charge in [-0.2, -0.15) is 0 Å². The van der Waals surface area contributed by atoms with Crippen LogP contribution < -0.4 is 4.74 Å². The molecule has 1 atom stereocenters. The molecule has 2 aromatic carbocycles. The number of amides is 1. The number of hydrogen-bond acceptors (Lipinski definition) is 2. The van der Waals surface area contributed by atoms with E-state index in [1.807, 2.05) is 47.4 Å². The first-order valence-corrected chi connectivity index (χ1v) is 8.19. The highest BCUT2D eigenvalue weighted by Crippen LogP contribution is 2.34. The fourth-order valence-electron chi connectivity index (χ4n) is 2.99. The molecule has 2 aromatic rings. The zero-order valence-electron chi connectivity index (χ0n) is 12.5. The van der Waals surface area contributed by atoms with Crippen molar-refractivity contribution in [2.45, 2.75) is 18.9 Å². The highest BCUT2D eigenvalue weighted by Gasteiger charge is 2.30. The van der Waals surface area contributed by atoms with Crippen molar-refractivity contribution >= 4 is 21.8 Å². The standard InChI is InChI=1S/C18H18BrNO2/c1-22-16-8-3-5-13(12-16)17-9-4-10-20(17)18(21)14-6-2-7-15(19)11-14/h2-3,5-8,11-12,17H,4,9-10H2,1H3. The van der Waals surface area contributed by atoms with Gasteiger partial charge in [0, 0.05) is 16.6 Å². The molecule has 114 valence electrons. The molecule has 0 N–H and O–H groups in total. The van der Waals surface area contributed by atoms with Gasteiger partial charge in [-0.25, -0.2) is 0 Å². The Balaban J connectivity index is 1.88. The molecule has 0 spiro atoms. The third-order valence-corrected chi connectivity index (χ3v) is 4.56. The Labute approximate surface area is 139 Å². The zero-order chi connectivity index (χ0) is 15.5. The van der Waals surface area contributed by atoms with E-state index in [1.54, 1.807) is 7.11 Å². The van der Waals surface area contributed by atoms with Crippen molar-refractivity contribution in [2.24, 2.45) is 0 Å². The van der Waals surface area contributed by atoms with Crippen molar-refractivity contribution < 1.29 is 9.53 Å². The van der Waals surface area contributed by atoms with E-state index in [1.165, 1.54) is 0 Å². The number of benzene rings is 2. The van der Waals surface area contributed by atoms with E-state index < -0.39 is 0 Å². The fourth-order valence-corrected chi connectivity index (χ4v) is 3.39. The summed E-state index contributed by atoms with van der Waals surface area (Å²) in [6.45, 7) is 0.799. The Hall–Kier alpha value is -1.81. The minimum atomic E-state index is 0.0895. The number of ether oxygens (including phenoxy) is 1. The van der Waals surface area contributed by atoms with Gasteiger partial charge >= 0.3 is 0 Å². The third-order valence-electron chi connectivity index (χ3n) is 4.06. The van der Waals surface area contributed by atoms with Crippen LogP contribution in [0.2, 0.25) is 0 Å². The number of halogens is 1. The number of nitrogens with zero attached hydrogens (tertiary/aromatic N) is 1. The van der Waals surface area contributed by atoms with Crippen LogP contribution in [-0.2, 0) is 0 Å². The highest BCUT2D eigenvalue weighted by molar-refractivity contribution is 9.10. The van der Waals surface area contributed by atoms with Crippen LogP contribution in [0.3, 0.4) is 0 Å². The van der Waals surface area contributed by atoms with Crippen molar-refractivity contribution in [1.29, 1.82) is 0 Å². The maximum atomic E-state index is 12.8. The number of carbonyl (C=O) groups excluding carboxylic acids is 1. The maximum Gasteiger partial charge on any atom is 0.254 e. The average Bonchev–Trinajstić information content (AvgIpc) is 3.04. The van der Waals surface area contributed by atoms with Crippen LogP contribution in [0.1, 0.15) is 34.8 Å². The lowest BCUT2D eigenvalue weighted by atomic mass is 10.0. The van der Waals surface area contributed by atoms with Crippen molar-refractivity contribution in [3.8, 4) is 5.75 Å². The molecule has 0 saturated carbocycles. The van der Waals surface area contributed by atoms with Gasteiger partial charge in [0.15, 0.2) is 0 Å². The first-order valence-electron chi connectivity index (χ1n) is 7.39. The largest absolute Gasteiger partial charge is 0.497 e. The predicted octanol–water partition coefficient (Wildman–Crippen LogP) is 4.44. The Morgan fingerprint density at radius 1 is 1.23 bits per heavy atom. The van der Waals surface area contributed by atoms with Gasteiger partial charge < -0.3 is 9.64 Å². The van der Waals surface area contributed by atoms with E-state index in [2.05, 4.69) is 22.0 Å². The fraction of sp³-hybridized carbons (Fsp3) is 0.278. The predicted molar refractivity (Wildman–Crippen MR) is 90.1 cm³/mol. The van der Waals surface area contributed by atoms with Crippen molar-refractivity contribution in [3.05, 3.63) is 64.1 Å². The quantitative estimate of drug-likeness (QED) is 0.810. The lowest BCUT2D eigenvalue weighted by Gasteiger charge is -2.25. The molecule has 1 aliphatic heterocycles. The van der Waals surface area contributed by atoms with E-state index in [0.717, 1.165) is 40.7 Å². The molecule has 1 fully saturated rings. The summed E-state index contributed by atoms with van der Waals surface area (Å²) in [5, 5.41) is 0. The first kappa shape index (κ1) is 15.1. The van der Waals surface area contributed by atoms with E-state index in [9.17, 15) is 4.79 Å². The van der Waals surface area contributed by atoms with Crippen LogP contribution in [0.4, 0.5) is 0 Å². The second kappa shape index (κ2) is 6.53. The molecule has 3 rings (SSSR count). The van der Waals surface area contributed by atoms with Crippen LogP contribution in [0, 0.1) is 0 Å². The van der Waals surface area contributed by atoms with Crippen molar-refractivity contribution in [2.75, 3.05) is 13.7 Å². The topological polar surface area (TPSA) is 29.5 Å². The minimum absolute atomic E-state index is 0.0895. The second-order valence-corrected chi connectivity index (χ2v) is 6.36. The van der Waals surface area contributed by atoms with Crippen molar-refractivity contribution in [3.63, 3.8) is 0 Å². The van der Waals surface area contributed by atoms with Gasteiger partial charge in [0.05, 0.1) is 13.2 Å². The first-order chi connectivity index (χ1) is 10.7. The van der Waals surface area contributed by atoms with Crippen molar-refractivity contribution in [1.82, 2.24) is 4.90 Å². The van der Waals surface area contributed by atoms with E-state index in [0.29, 0.717) is 0 Å². The molecule has 1 heterocycles. The van der Waals surface area contributed by atoms with Gasteiger partial charge in [-0.15, -0.1) is 0 Å². The highest BCUT2D eigenvalue weighted by atomic mass is 79.9. The lowest BCUT2D eigenvalue weighted by Crippen LogP contribution is -2.30. The van der Waals surface area contributed by atoms with Gasteiger partial charge in [0.25, 0.3) is 5.91 Å². The average molecular weight is 360 g/mol. The molecule has 0 bridgehead atoms. The second-order valence-electron chi connectivity index (χ2n) is 5.44. The molecule has 1 saturated heterocycles. The Bertz CT molecular complexity index is 686. The number of methoxy groups -OCH3 is 1. The molecule has 1 unspecified atom stereocenters. The summed E-state index contributed by atoms with van der Waals surface area (Å²) < 4.78 is 6.23. The van der Waals surface area contributed by atoms with Crippen LogP contribution in [0.25, 0.3) is 0 Å². The number of carbonyl (C=O) groups is 1. The Kier molecular flexibility index (Phi) is 4.48.